The number of hydrogen-bond acceptors (Lipinski definition) is 4. The molecule has 2 aromatic rings. The molecule has 2 fully saturated rings. The Labute approximate surface area is 165 Å². The summed E-state index contributed by atoms with van der Waals surface area (Å²) in [5.74, 6) is 0.216. The quantitative estimate of drug-likeness (QED) is 0.845. The molecule has 0 spiro atoms. The number of nitrogens with two attached hydrogens (primary N) is 1. The van der Waals surface area contributed by atoms with Crippen molar-refractivity contribution in [1.82, 2.24) is 4.90 Å². The molecule has 2 aliphatic rings. The standard InChI is InChI=1S/C23H26FN3O/c1-14(2)28-23-8-3-15(13-27-18-6-7-22(27)21(26)11-18)9-19(23)16-4-5-17(12-25)20(24)10-16/h3-5,8-10,14,18,21-22H,6-7,11,13,26H2,1-2H3/t18-,21+,22+/m1/s1. The molecule has 0 aromatic heterocycles. The second-order valence-electron chi connectivity index (χ2n) is 8.17. The first-order valence-electron chi connectivity index (χ1n) is 9.97. The van der Waals surface area contributed by atoms with Crippen LogP contribution >= 0.6 is 0 Å². The van der Waals surface area contributed by atoms with Crippen molar-refractivity contribution < 1.29 is 9.13 Å². The van der Waals surface area contributed by atoms with Gasteiger partial charge in [-0.2, -0.15) is 5.26 Å². The Balaban J connectivity index is 1.68. The van der Waals surface area contributed by atoms with Crippen LogP contribution in [-0.4, -0.2) is 29.1 Å². The molecule has 0 saturated carbocycles. The Bertz CT molecular complexity index is 921. The number of halogens is 1. The third kappa shape index (κ3) is 3.50. The number of ether oxygens (including phenoxy) is 1. The molecule has 0 aliphatic carbocycles. The fourth-order valence-corrected chi connectivity index (χ4v) is 4.64. The maximum Gasteiger partial charge on any atom is 0.141 e. The molecule has 0 unspecified atom stereocenters. The van der Waals surface area contributed by atoms with Gasteiger partial charge >= 0.3 is 0 Å². The lowest BCUT2D eigenvalue weighted by molar-refractivity contribution is 0.237. The van der Waals surface area contributed by atoms with E-state index in [-0.39, 0.29) is 17.7 Å². The minimum Gasteiger partial charge on any atom is -0.490 e. The zero-order chi connectivity index (χ0) is 19.8. The van der Waals surface area contributed by atoms with Crippen molar-refractivity contribution in [2.75, 3.05) is 0 Å². The van der Waals surface area contributed by atoms with Crippen LogP contribution in [0.5, 0.6) is 5.75 Å². The number of benzene rings is 2. The summed E-state index contributed by atoms with van der Waals surface area (Å²) in [5.41, 5.74) is 9.07. The molecule has 2 aromatic carbocycles. The normalized spacial score (nSPS) is 23.9. The maximum atomic E-state index is 14.2. The Morgan fingerprint density at radius 3 is 2.68 bits per heavy atom. The van der Waals surface area contributed by atoms with E-state index in [1.54, 1.807) is 6.07 Å². The highest BCUT2D eigenvalue weighted by atomic mass is 19.1. The number of nitriles is 1. The largest absolute Gasteiger partial charge is 0.490 e. The van der Waals surface area contributed by atoms with E-state index in [9.17, 15) is 4.39 Å². The van der Waals surface area contributed by atoms with E-state index in [0.29, 0.717) is 12.1 Å². The van der Waals surface area contributed by atoms with Gasteiger partial charge in [0.2, 0.25) is 0 Å². The molecule has 2 N–H and O–H groups in total. The third-order valence-corrected chi connectivity index (χ3v) is 5.90. The highest BCUT2D eigenvalue weighted by molar-refractivity contribution is 5.72. The summed E-state index contributed by atoms with van der Waals surface area (Å²) in [5, 5.41) is 9.00. The number of nitrogens with zero attached hydrogens (tertiary/aromatic N) is 2. The van der Waals surface area contributed by atoms with Crippen LogP contribution in [0.2, 0.25) is 0 Å². The van der Waals surface area contributed by atoms with E-state index in [1.807, 2.05) is 26.0 Å². The molecule has 0 radical (unpaired) electrons. The molecule has 0 amide bonds. The van der Waals surface area contributed by atoms with Gasteiger partial charge in [-0.05, 0) is 68.5 Å². The molecule has 2 saturated heterocycles. The Morgan fingerprint density at radius 1 is 1.25 bits per heavy atom. The molecule has 2 aliphatic heterocycles. The first-order valence-corrected chi connectivity index (χ1v) is 9.97. The van der Waals surface area contributed by atoms with Gasteiger partial charge in [-0.15, -0.1) is 0 Å². The monoisotopic (exact) mass is 379 g/mol. The predicted molar refractivity (Wildman–Crippen MR) is 107 cm³/mol. The van der Waals surface area contributed by atoms with Gasteiger partial charge in [0.05, 0.1) is 11.7 Å². The minimum absolute atomic E-state index is 0.0141. The summed E-state index contributed by atoms with van der Waals surface area (Å²) < 4.78 is 20.2. The summed E-state index contributed by atoms with van der Waals surface area (Å²) in [6, 6.07) is 14.1. The van der Waals surface area contributed by atoms with Crippen LogP contribution in [0.3, 0.4) is 0 Å². The van der Waals surface area contributed by atoms with Crippen molar-refractivity contribution in [3.8, 4) is 22.9 Å². The van der Waals surface area contributed by atoms with Crippen molar-refractivity contribution in [2.45, 2.75) is 63.9 Å². The lowest BCUT2D eigenvalue weighted by Gasteiger charge is -2.23. The van der Waals surface area contributed by atoms with Crippen LogP contribution in [0.25, 0.3) is 11.1 Å². The fourth-order valence-electron chi connectivity index (χ4n) is 4.64. The van der Waals surface area contributed by atoms with Gasteiger partial charge in [-0.3, -0.25) is 4.90 Å². The Hall–Kier alpha value is -2.42. The average Bonchev–Trinajstić information content (AvgIpc) is 3.18. The molecule has 2 heterocycles. The van der Waals surface area contributed by atoms with Gasteiger partial charge < -0.3 is 10.5 Å². The fraction of sp³-hybridized carbons (Fsp3) is 0.435. The molecular formula is C23H26FN3O. The second-order valence-corrected chi connectivity index (χ2v) is 8.17. The molecular weight excluding hydrogens is 353 g/mol. The van der Waals surface area contributed by atoms with E-state index < -0.39 is 5.82 Å². The summed E-state index contributed by atoms with van der Waals surface area (Å²) in [6.07, 6.45) is 3.49. The smallest absolute Gasteiger partial charge is 0.141 e. The van der Waals surface area contributed by atoms with Crippen LogP contribution in [-0.2, 0) is 6.54 Å². The maximum absolute atomic E-state index is 14.2. The van der Waals surface area contributed by atoms with Gasteiger partial charge in [0.15, 0.2) is 0 Å². The topological polar surface area (TPSA) is 62.3 Å². The van der Waals surface area contributed by atoms with E-state index >= 15 is 0 Å². The van der Waals surface area contributed by atoms with Crippen LogP contribution in [0.15, 0.2) is 36.4 Å². The molecule has 4 rings (SSSR count). The Kier molecular flexibility index (Phi) is 5.09. The van der Waals surface area contributed by atoms with Crippen molar-refractivity contribution in [3.05, 3.63) is 53.3 Å². The summed E-state index contributed by atoms with van der Waals surface area (Å²) in [4.78, 5) is 2.52. The number of rotatable bonds is 5. The van der Waals surface area contributed by atoms with Crippen molar-refractivity contribution in [3.63, 3.8) is 0 Å². The van der Waals surface area contributed by atoms with Gasteiger partial charge in [-0.1, -0.05) is 12.1 Å². The van der Waals surface area contributed by atoms with Gasteiger partial charge in [0.25, 0.3) is 0 Å². The first kappa shape index (κ1) is 18.9. The second kappa shape index (κ2) is 7.54. The van der Waals surface area contributed by atoms with Crippen LogP contribution in [0.1, 0.15) is 44.2 Å². The molecule has 3 atom stereocenters. The van der Waals surface area contributed by atoms with E-state index in [0.717, 1.165) is 29.8 Å². The first-order chi connectivity index (χ1) is 13.5. The summed E-state index contributed by atoms with van der Waals surface area (Å²) in [7, 11) is 0. The predicted octanol–water partition coefficient (Wildman–Crippen LogP) is 4.22. The summed E-state index contributed by atoms with van der Waals surface area (Å²) >= 11 is 0. The minimum atomic E-state index is -0.510. The number of hydrogen-bond donors (Lipinski definition) is 1. The average molecular weight is 379 g/mol. The Morgan fingerprint density at radius 2 is 2.07 bits per heavy atom. The van der Waals surface area contributed by atoms with E-state index in [2.05, 4.69) is 17.0 Å². The van der Waals surface area contributed by atoms with E-state index in [4.69, 9.17) is 15.7 Å². The lowest BCUT2D eigenvalue weighted by Crippen LogP contribution is -2.36. The molecule has 2 bridgehead atoms. The molecule has 146 valence electrons. The van der Waals surface area contributed by atoms with Crippen molar-refractivity contribution in [1.29, 1.82) is 5.26 Å². The van der Waals surface area contributed by atoms with Gasteiger partial charge in [-0.25, -0.2) is 4.39 Å². The third-order valence-electron chi connectivity index (χ3n) is 5.90. The molecule has 4 nitrogen and oxygen atoms in total. The lowest BCUT2D eigenvalue weighted by atomic mass is 9.96. The van der Waals surface area contributed by atoms with Crippen molar-refractivity contribution in [2.24, 2.45) is 5.73 Å². The van der Waals surface area contributed by atoms with Crippen LogP contribution in [0.4, 0.5) is 4.39 Å². The SMILES string of the molecule is CC(C)Oc1ccc(CN2[C@@H]3CC[C@H]2[C@@H](N)C3)cc1-c1ccc(C#N)c(F)c1. The highest BCUT2D eigenvalue weighted by Crippen LogP contribution is 2.39. The van der Waals surface area contributed by atoms with Gasteiger partial charge in [0.1, 0.15) is 17.6 Å². The molecule has 5 heteroatoms. The zero-order valence-electron chi connectivity index (χ0n) is 16.4. The highest BCUT2D eigenvalue weighted by Gasteiger charge is 2.44. The summed E-state index contributed by atoms with van der Waals surface area (Å²) in [6.45, 7) is 4.79. The van der Waals surface area contributed by atoms with Crippen molar-refractivity contribution >= 4 is 0 Å². The van der Waals surface area contributed by atoms with Crippen LogP contribution < -0.4 is 10.5 Å². The van der Waals surface area contributed by atoms with E-state index in [1.165, 1.54) is 30.5 Å². The molecule has 28 heavy (non-hydrogen) atoms. The zero-order valence-corrected chi connectivity index (χ0v) is 16.4. The van der Waals surface area contributed by atoms with Gasteiger partial charge in [0, 0.05) is 30.2 Å². The number of fused-ring (bicyclic) bond motifs is 2. The van der Waals surface area contributed by atoms with Crippen LogP contribution in [0, 0.1) is 17.1 Å².